The van der Waals surface area contributed by atoms with Crippen LogP contribution in [0, 0.1) is 0 Å². The zero-order chi connectivity index (χ0) is 19.8. The van der Waals surface area contributed by atoms with E-state index in [1.54, 1.807) is 25.3 Å². The van der Waals surface area contributed by atoms with Crippen LogP contribution < -0.4 is 14.8 Å². The molecule has 2 aromatic carbocycles. The topological polar surface area (TPSA) is 73.9 Å². The van der Waals surface area contributed by atoms with Crippen LogP contribution in [-0.2, 0) is 20.7 Å². The average Bonchev–Trinajstić information content (AvgIpc) is 2.66. The third-order valence-electron chi connectivity index (χ3n) is 3.87. The summed E-state index contributed by atoms with van der Waals surface area (Å²) in [5.74, 6) is 0.383. The number of carbonyl (C=O) groups is 2. The van der Waals surface area contributed by atoms with E-state index in [1.165, 1.54) is 14.0 Å². The number of rotatable bonds is 8. The van der Waals surface area contributed by atoms with Gasteiger partial charge >= 0.3 is 5.97 Å². The maximum atomic E-state index is 12.2. The zero-order valence-electron chi connectivity index (χ0n) is 15.5. The Morgan fingerprint density at radius 2 is 1.78 bits per heavy atom. The Balaban J connectivity index is 1.82. The minimum Gasteiger partial charge on any atom is -0.497 e. The van der Waals surface area contributed by atoms with Crippen molar-refractivity contribution in [1.29, 1.82) is 0 Å². The maximum Gasteiger partial charge on any atom is 0.306 e. The van der Waals surface area contributed by atoms with Gasteiger partial charge in [-0.15, -0.1) is 0 Å². The van der Waals surface area contributed by atoms with Gasteiger partial charge in [-0.25, -0.2) is 0 Å². The number of hydrogen-bond donors (Lipinski definition) is 1. The lowest BCUT2D eigenvalue weighted by atomic mass is 10.1. The second kappa shape index (κ2) is 9.83. The number of benzene rings is 2. The lowest BCUT2D eigenvalue weighted by Crippen LogP contribution is -2.30. The van der Waals surface area contributed by atoms with Crippen molar-refractivity contribution in [2.24, 2.45) is 0 Å². The van der Waals surface area contributed by atoms with E-state index in [0.29, 0.717) is 22.9 Å². The minimum absolute atomic E-state index is 0.179. The number of nitrogens with one attached hydrogen (secondary N) is 1. The van der Waals surface area contributed by atoms with E-state index in [1.807, 2.05) is 24.3 Å². The Morgan fingerprint density at radius 3 is 2.37 bits per heavy atom. The van der Waals surface area contributed by atoms with Crippen LogP contribution in [0.5, 0.6) is 11.5 Å². The summed E-state index contributed by atoms with van der Waals surface area (Å²) in [6.07, 6.45) is -0.224. The first-order chi connectivity index (χ1) is 12.9. The highest BCUT2D eigenvalue weighted by Gasteiger charge is 2.18. The van der Waals surface area contributed by atoms with Crippen LogP contribution in [0.2, 0.25) is 5.02 Å². The van der Waals surface area contributed by atoms with Crippen molar-refractivity contribution >= 4 is 29.2 Å². The van der Waals surface area contributed by atoms with Crippen molar-refractivity contribution in [3.8, 4) is 11.5 Å². The number of methoxy groups -OCH3 is 2. The predicted octanol–water partition coefficient (Wildman–Crippen LogP) is 3.86. The summed E-state index contributed by atoms with van der Waals surface area (Å²) in [6, 6.07) is 12.3. The molecule has 0 aromatic heterocycles. The first-order valence-electron chi connectivity index (χ1n) is 8.39. The normalized spacial score (nSPS) is 11.4. The zero-order valence-corrected chi connectivity index (χ0v) is 16.2. The molecule has 6 nitrogen and oxygen atoms in total. The van der Waals surface area contributed by atoms with Crippen LogP contribution in [0.1, 0.15) is 18.9 Å². The molecule has 0 saturated heterocycles. The van der Waals surface area contributed by atoms with Crippen molar-refractivity contribution in [3.05, 3.63) is 53.1 Å². The van der Waals surface area contributed by atoms with Crippen molar-refractivity contribution in [1.82, 2.24) is 0 Å². The maximum absolute atomic E-state index is 12.2. The van der Waals surface area contributed by atoms with Crippen LogP contribution in [0.3, 0.4) is 0 Å². The highest BCUT2D eigenvalue weighted by molar-refractivity contribution is 6.32. The SMILES string of the molecule is COc1ccc(CCC(=O)O[C@@H](C)C(=O)Nc2ccc(OC)c(Cl)c2)cc1. The van der Waals surface area contributed by atoms with Crippen LogP contribution in [0.25, 0.3) is 0 Å². The van der Waals surface area contributed by atoms with Crippen molar-refractivity contribution < 1.29 is 23.8 Å². The number of esters is 1. The third kappa shape index (κ3) is 6.18. The fourth-order valence-corrected chi connectivity index (χ4v) is 2.59. The van der Waals surface area contributed by atoms with Crippen LogP contribution in [0.15, 0.2) is 42.5 Å². The van der Waals surface area contributed by atoms with Gasteiger partial charge in [0.2, 0.25) is 0 Å². The highest BCUT2D eigenvalue weighted by Crippen LogP contribution is 2.27. The van der Waals surface area contributed by atoms with Gasteiger partial charge in [-0.1, -0.05) is 23.7 Å². The van der Waals surface area contributed by atoms with Crippen molar-refractivity contribution in [2.75, 3.05) is 19.5 Å². The Labute approximate surface area is 163 Å². The summed E-state index contributed by atoms with van der Waals surface area (Å²) >= 11 is 6.03. The van der Waals surface area contributed by atoms with Gasteiger partial charge in [-0.2, -0.15) is 0 Å². The van der Waals surface area contributed by atoms with E-state index in [2.05, 4.69) is 5.32 Å². The molecular formula is C20H22ClNO5. The Morgan fingerprint density at radius 1 is 1.07 bits per heavy atom. The summed E-state index contributed by atoms with van der Waals surface area (Å²) in [6.45, 7) is 1.52. The molecule has 7 heteroatoms. The Bertz CT molecular complexity index is 791. The summed E-state index contributed by atoms with van der Waals surface area (Å²) < 4.78 is 15.3. The second-order valence-electron chi connectivity index (χ2n) is 5.82. The third-order valence-corrected chi connectivity index (χ3v) is 4.17. The van der Waals surface area contributed by atoms with Gasteiger partial charge in [0.25, 0.3) is 5.91 Å². The summed E-state index contributed by atoms with van der Waals surface area (Å²) in [5.41, 5.74) is 1.48. The predicted molar refractivity (Wildman–Crippen MR) is 104 cm³/mol. The Hall–Kier alpha value is -2.73. The number of amides is 1. The van der Waals surface area contributed by atoms with E-state index < -0.39 is 18.0 Å². The fourth-order valence-electron chi connectivity index (χ4n) is 2.34. The number of halogens is 1. The smallest absolute Gasteiger partial charge is 0.306 e. The molecular weight excluding hydrogens is 370 g/mol. The molecule has 0 aliphatic rings. The monoisotopic (exact) mass is 391 g/mol. The van der Waals surface area contributed by atoms with Crippen LogP contribution >= 0.6 is 11.6 Å². The number of ether oxygens (including phenoxy) is 3. The molecule has 0 saturated carbocycles. The first-order valence-corrected chi connectivity index (χ1v) is 8.77. The molecule has 1 atom stereocenters. The van der Waals surface area contributed by atoms with E-state index in [-0.39, 0.29) is 6.42 Å². The van der Waals surface area contributed by atoms with E-state index >= 15 is 0 Å². The van der Waals surface area contributed by atoms with Crippen molar-refractivity contribution in [2.45, 2.75) is 25.9 Å². The van der Waals surface area contributed by atoms with Gasteiger partial charge in [0.15, 0.2) is 6.10 Å². The largest absolute Gasteiger partial charge is 0.497 e. The fraction of sp³-hybridized carbons (Fsp3) is 0.300. The molecule has 0 aliphatic heterocycles. The van der Waals surface area contributed by atoms with Gasteiger partial charge in [-0.05, 0) is 49.2 Å². The molecule has 2 aromatic rings. The highest BCUT2D eigenvalue weighted by atomic mass is 35.5. The summed E-state index contributed by atoms with van der Waals surface area (Å²) in [5, 5.41) is 3.03. The molecule has 0 unspecified atom stereocenters. The molecule has 0 bridgehead atoms. The number of carbonyl (C=O) groups excluding carboxylic acids is 2. The minimum atomic E-state index is -0.922. The quantitative estimate of drug-likeness (QED) is 0.691. The lowest BCUT2D eigenvalue weighted by Gasteiger charge is -2.14. The van der Waals surface area contributed by atoms with E-state index in [0.717, 1.165) is 11.3 Å². The summed E-state index contributed by atoms with van der Waals surface area (Å²) in [4.78, 5) is 24.2. The van der Waals surface area contributed by atoms with Gasteiger partial charge in [0.1, 0.15) is 11.5 Å². The molecule has 1 amide bonds. The lowest BCUT2D eigenvalue weighted by molar-refractivity contribution is -0.153. The van der Waals surface area contributed by atoms with Gasteiger partial charge < -0.3 is 19.5 Å². The Kier molecular flexibility index (Phi) is 7.49. The number of anilines is 1. The standard InChI is InChI=1S/C20H22ClNO5/c1-13(20(24)22-15-7-10-18(26-3)17(21)12-15)27-19(23)11-6-14-4-8-16(25-2)9-5-14/h4-5,7-10,12-13H,6,11H2,1-3H3,(H,22,24)/t13-/m0/s1. The number of hydrogen-bond acceptors (Lipinski definition) is 5. The molecule has 144 valence electrons. The second-order valence-corrected chi connectivity index (χ2v) is 6.23. The molecule has 0 radical (unpaired) electrons. The molecule has 1 N–H and O–H groups in total. The molecule has 2 rings (SSSR count). The van der Waals surface area contributed by atoms with Gasteiger partial charge in [0, 0.05) is 12.1 Å². The van der Waals surface area contributed by atoms with E-state index in [4.69, 9.17) is 25.8 Å². The van der Waals surface area contributed by atoms with E-state index in [9.17, 15) is 9.59 Å². The van der Waals surface area contributed by atoms with Gasteiger partial charge in [-0.3, -0.25) is 9.59 Å². The van der Waals surface area contributed by atoms with Gasteiger partial charge in [0.05, 0.1) is 19.2 Å². The van der Waals surface area contributed by atoms with Crippen LogP contribution in [0.4, 0.5) is 5.69 Å². The van der Waals surface area contributed by atoms with Crippen LogP contribution in [-0.4, -0.2) is 32.2 Å². The molecule has 0 heterocycles. The average molecular weight is 392 g/mol. The molecule has 0 spiro atoms. The molecule has 0 fully saturated rings. The number of aryl methyl sites for hydroxylation is 1. The van der Waals surface area contributed by atoms with Crippen molar-refractivity contribution in [3.63, 3.8) is 0 Å². The molecule has 27 heavy (non-hydrogen) atoms. The molecule has 0 aliphatic carbocycles. The first kappa shape index (κ1) is 20.6. The summed E-state index contributed by atoms with van der Waals surface area (Å²) in [7, 11) is 3.10.